The predicted molar refractivity (Wildman–Crippen MR) is 105 cm³/mol. The van der Waals surface area contributed by atoms with E-state index in [-0.39, 0.29) is 29.1 Å². The summed E-state index contributed by atoms with van der Waals surface area (Å²) in [6, 6.07) is 2.32. The van der Waals surface area contributed by atoms with Crippen LogP contribution in [0.5, 0.6) is 0 Å². The highest BCUT2D eigenvalue weighted by atomic mass is 19.1. The number of rotatable bonds is 4. The lowest BCUT2D eigenvalue weighted by Crippen LogP contribution is -2.47. The van der Waals surface area contributed by atoms with E-state index in [2.05, 4.69) is 17.1 Å². The smallest absolute Gasteiger partial charge is 0.255 e. The van der Waals surface area contributed by atoms with Crippen LogP contribution < -0.4 is 5.73 Å². The van der Waals surface area contributed by atoms with Gasteiger partial charge >= 0.3 is 0 Å². The predicted octanol–water partition coefficient (Wildman–Crippen LogP) is 3.26. The molecular formula is C22H28FN3O2. The van der Waals surface area contributed by atoms with E-state index in [1.54, 1.807) is 0 Å². The minimum Gasteiger partial charge on any atom is -0.366 e. The van der Waals surface area contributed by atoms with Crippen LogP contribution in [0.1, 0.15) is 71.3 Å². The zero-order valence-corrected chi connectivity index (χ0v) is 16.4. The maximum absolute atomic E-state index is 14.0. The molecule has 2 heterocycles. The second-order valence-electron chi connectivity index (χ2n) is 8.35. The second kappa shape index (κ2) is 7.66. The summed E-state index contributed by atoms with van der Waals surface area (Å²) in [6.45, 7) is 4.97. The highest BCUT2D eigenvalue weighted by Gasteiger charge is 2.41. The number of benzene rings is 1. The summed E-state index contributed by atoms with van der Waals surface area (Å²) in [4.78, 5) is 29.2. The molecule has 0 radical (unpaired) electrons. The Kier molecular flexibility index (Phi) is 5.23. The number of nitrogens with two attached hydrogens (primary N) is 1. The number of likely N-dealkylation sites (tertiary alicyclic amines) is 1. The number of allylic oxidation sites excluding steroid dienone is 2. The molecule has 5 nitrogen and oxygen atoms in total. The molecular weight excluding hydrogens is 357 g/mol. The summed E-state index contributed by atoms with van der Waals surface area (Å²) in [5, 5.41) is 0. The van der Waals surface area contributed by atoms with Crippen molar-refractivity contribution in [3.05, 3.63) is 46.8 Å². The van der Waals surface area contributed by atoms with Gasteiger partial charge in [-0.25, -0.2) is 4.39 Å². The summed E-state index contributed by atoms with van der Waals surface area (Å²) in [5.41, 5.74) is 6.27. The maximum atomic E-state index is 14.0. The molecule has 4 rings (SSSR count). The van der Waals surface area contributed by atoms with E-state index in [0.29, 0.717) is 5.56 Å². The molecule has 3 aliphatic rings. The van der Waals surface area contributed by atoms with Crippen LogP contribution >= 0.6 is 0 Å². The number of halogens is 1. The highest BCUT2D eigenvalue weighted by molar-refractivity contribution is 6.09. The van der Waals surface area contributed by atoms with E-state index >= 15 is 0 Å². The van der Waals surface area contributed by atoms with Crippen molar-refractivity contribution in [1.29, 1.82) is 0 Å². The van der Waals surface area contributed by atoms with E-state index < -0.39 is 11.7 Å². The third kappa shape index (κ3) is 3.46. The van der Waals surface area contributed by atoms with Crippen molar-refractivity contribution in [3.63, 3.8) is 0 Å². The molecule has 28 heavy (non-hydrogen) atoms. The SMILES string of the molecule is CC1c2cc(F)cc(C(N)=O)c2C(=O)N1C1CCN(CC2CC=CCC2)CC1. The van der Waals surface area contributed by atoms with Crippen LogP contribution in [0.15, 0.2) is 24.3 Å². The minimum absolute atomic E-state index is 0.00265. The quantitative estimate of drug-likeness (QED) is 0.809. The van der Waals surface area contributed by atoms with Crippen LogP contribution in [0.2, 0.25) is 0 Å². The van der Waals surface area contributed by atoms with Crippen LogP contribution in [0.25, 0.3) is 0 Å². The lowest BCUT2D eigenvalue weighted by Gasteiger charge is -2.40. The molecule has 0 saturated carbocycles. The standard InChI is InChI=1S/C22H28FN3O2/c1-14-18-11-16(23)12-19(21(24)27)20(18)22(28)26(14)17-7-9-25(10-8-17)13-15-5-3-2-4-6-15/h2-3,11-12,14-15,17H,4-10,13H2,1H3,(H2,24,27). The summed E-state index contributed by atoms with van der Waals surface area (Å²) < 4.78 is 14.0. The van der Waals surface area contributed by atoms with Gasteiger partial charge in [-0.3, -0.25) is 9.59 Å². The van der Waals surface area contributed by atoms with Gasteiger partial charge in [-0.15, -0.1) is 0 Å². The molecule has 150 valence electrons. The van der Waals surface area contributed by atoms with Crippen molar-refractivity contribution in [2.75, 3.05) is 19.6 Å². The van der Waals surface area contributed by atoms with Crippen molar-refractivity contribution in [1.82, 2.24) is 9.80 Å². The number of amides is 2. The van der Waals surface area contributed by atoms with E-state index in [9.17, 15) is 14.0 Å². The van der Waals surface area contributed by atoms with Crippen molar-refractivity contribution in [2.45, 2.75) is 51.1 Å². The van der Waals surface area contributed by atoms with Crippen LogP contribution in [-0.4, -0.2) is 47.3 Å². The maximum Gasteiger partial charge on any atom is 0.255 e. The Morgan fingerprint density at radius 3 is 2.61 bits per heavy atom. The Labute approximate surface area is 165 Å². The third-order valence-electron chi connectivity index (χ3n) is 6.56. The lowest BCUT2D eigenvalue weighted by atomic mass is 9.92. The second-order valence-corrected chi connectivity index (χ2v) is 8.35. The number of primary amides is 1. The molecule has 0 spiro atoms. The van der Waals surface area contributed by atoms with Gasteiger partial charge in [-0.1, -0.05) is 12.2 Å². The average Bonchev–Trinajstić information content (AvgIpc) is 2.93. The first-order valence-corrected chi connectivity index (χ1v) is 10.3. The number of nitrogens with zero attached hydrogens (tertiary/aromatic N) is 2. The summed E-state index contributed by atoms with van der Waals surface area (Å²) in [5.74, 6) is -0.730. The van der Waals surface area contributed by atoms with E-state index in [1.807, 2.05) is 11.8 Å². The number of piperidine rings is 1. The van der Waals surface area contributed by atoms with Crippen molar-refractivity contribution >= 4 is 11.8 Å². The number of hydrogen-bond donors (Lipinski definition) is 1. The van der Waals surface area contributed by atoms with Crippen LogP contribution in [0, 0.1) is 11.7 Å². The summed E-state index contributed by atoms with van der Waals surface area (Å²) in [6.07, 6.45) is 9.97. The fourth-order valence-electron chi connectivity index (χ4n) is 5.09. The molecule has 1 aromatic rings. The fraction of sp³-hybridized carbons (Fsp3) is 0.545. The highest BCUT2D eigenvalue weighted by Crippen LogP contribution is 2.39. The Bertz CT molecular complexity index is 814. The van der Waals surface area contributed by atoms with E-state index in [0.717, 1.165) is 44.5 Å². The first kappa shape index (κ1) is 19.1. The van der Waals surface area contributed by atoms with Crippen molar-refractivity contribution < 1.29 is 14.0 Å². The van der Waals surface area contributed by atoms with Gasteiger partial charge in [0.15, 0.2) is 0 Å². The molecule has 1 saturated heterocycles. The summed E-state index contributed by atoms with van der Waals surface area (Å²) in [7, 11) is 0. The molecule has 1 fully saturated rings. The van der Waals surface area contributed by atoms with Crippen LogP contribution in [-0.2, 0) is 0 Å². The van der Waals surface area contributed by atoms with Gasteiger partial charge in [-0.05, 0) is 62.6 Å². The minimum atomic E-state index is -0.755. The van der Waals surface area contributed by atoms with Gasteiger partial charge in [0.05, 0.1) is 17.2 Å². The normalized spacial score (nSPS) is 25.9. The van der Waals surface area contributed by atoms with Gasteiger partial charge in [0, 0.05) is 25.7 Å². The van der Waals surface area contributed by atoms with Gasteiger partial charge in [-0.2, -0.15) is 0 Å². The van der Waals surface area contributed by atoms with Crippen LogP contribution in [0.4, 0.5) is 4.39 Å². The van der Waals surface area contributed by atoms with Gasteiger partial charge in [0.1, 0.15) is 5.82 Å². The summed E-state index contributed by atoms with van der Waals surface area (Å²) >= 11 is 0. The molecule has 1 aromatic carbocycles. The molecule has 6 heteroatoms. The Morgan fingerprint density at radius 1 is 1.21 bits per heavy atom. The molecule has 2 atom stereocenters. The van der Waals surface area contributed by atoms with Gasteiger partial charge in [0.2, 0.25) is 5.91 Å². The Morgan fingerprint density at radius 2 is 1.96 bits per heavy atom. The zero-order chi connectivity index (χ0) is 19.8. The molecule has 2 N–H and O–H groups in total. The molecule has 2 unspecified atom stereocenters. The molecule has 1 aliphatic carbocycles. The number of fused-ring (bicyclic) bond motifs is 1. The lowest BCUT2D eigenvalue weighted by molar-refractivity contribution is 0.0500. The first-order chi connectivity index (χ1) is 13.5. The topological polar surface area (TPSA) is 66.6 Å². The largest absolute Gasteiger partial charge is 0.366 e. The van der Waals surface area contributed by atoms with Crippen LogP contribution in [0.3, 0.4) is 0 Å². The van der Waals surface area contributed by atoms with E-state index in [1.165, 1.54) is 25.3 Å². The van der Waals surface area contributed by atoms with Gasteiger partial charge in [0.25, 0.3) is 5.91 Å². The monoisotopic (exact) mass is 385 g/mol. The van der Waals surface area contributed by atoms with Gasteiger partial charge < -0.3 is 15.5 Å². The average molecular weight is 385 g/mol. The van der Waals surface area contributed by atoms with E-state index in [4.69, 9.17) is 5.73 Å². The molecule has 2 aliphatic heterocycles. The number of carbonyl (C=O) groups excluding carboxylic acids is 2. The van der Waals surface area contributed by atoms with Crippen molar-refractivity contribution in [2.24, 2.45) is 11.7 Å². The zero-order valence-electron chi connectivity index (χ0n) is 16.4. The Hall–Kier alpha value is -2.21. The fourth-order valence-corrected chi connectivity index (χ4v) is 5.09. The molecule has 0 aromatic heterocycles. The van der Waals surface area contributed by atoms with Crippen molar-refractivity contribution in [3.8, 4) is 0 Å². The number of hydrogen-bond acceptors (Lipinski definition) is 3. The Balaban J connectivity index is 1.46. The molecule has 0 bridgehead atoms. The first-order valence-electron chi connectivity index (χ1n) is 10.3. The third-order valence-corrected chi connectivity index (χ3v) is 6.56. The molecule has 2 amide bonds. The number of carbonyl (C=O) groups is 2.